The molecular formula is C13H22N2O3. The van der Waals surface area contributed by atoms with Crippen molar-refractivity contribution >= 4 is 11.9 Å². The molecule has 2 aliphatic rings. The van der Waals surface area contributed by atoms with E-state index >= 15 is 0 Å². The Morgan fingerprint density at radius 1 is 1.39 bits per heavy atom. The molecule has 0 spiro atoms. The van der Waals surface area contributed by atoms with Crippen molar-refractivity contribution in [2.24, 2.45) is 5.92 Å². The van der Waals surface area contributed by atoms with Crippen LogP contribution < -0.4 is 0 Å². The van der Waals surface area contributed by atoms with E-state index in [0.717, 1.165) is 19.4 Å². The Bertz CT molecular complexity index is 345. The summed E-state index contributed by atoms with van der Waals surface area (Å²) in [5, 5.41) is 9.09. The number of carboxylic acids is 1. The van der Waals surface area contributed by atoms with Crippen LogP contribution >= 0.6 is 0 Å². The molecule has 2 fully saturated rings. The lowest BCUT2D eigenvalue weighted by Gasteiger charge is -2.43. The molecule has 0 aromatic heterocycles. The van der Waals surface area contributed by atoms with E-state index in [1.807, 2.05) is 4.90 Å². The van der Waals surface area contributed by atoms with Crippen LogP contribution in [0.3, 0.4) is 0 Å². The van der Waals surface area contributed by atoms with Gasteiger partial charge in [-0.05, 0) is 33.2 Å². The van der Waals surface area contributed by atoms with Gasteiger partial charge in [0.25, 0.3) is 0 Å². The van der Waals surface area contributed by atoms with E-state index in [0.29, 0.717) is 25.4 Å². The molecule has 2 aliphatic heterocycles. The van der Waals surface area contributed by atoms with E-state index in [1.165, 1.54) is 0 Å². The van der Waals surface area contributed by atoms with Crippen LogP contribution in [0.25, 0.3) is 0 Å². The van der Waals surface area contributed by atoms with Crippen LogP contribution in [0.2, 0.25) is 0 Å². The Labute approximate surface area is 108 Å². The van der Waals surface area contributed by atoms with Gasteiger partial charge in [0.1, 0.15) is 0 Å². The van der Waals surface area contributed by atoms with Crippen molar-refractivity contribution in [1.29, 1.82) is 0 Å². The molecule has 3 atom stereocenters. The maximum Gasteiger partial charge on any atom is 0.308 e. The molecule has 0 aromatic rings. The van der Waals surface area contributed by atoms with Crippen LogP contribution in [0, 0.1) is 5.92 Å². The van der Waals surface area contributed by atoms with Crippen LogP contribution in [-0.4, -0.2) is 59.0 Å². The smallest absolute Gasteiger partial charge is 0.308 e. The third-order valence-corrected chi connectivity index (χ3v) is 4.41. The number of piperidine rings is 2. The van der Waals surface area contributed by atoms with E-state index in [4.69, 9.17) is 5.11 Å². The van der Waals surface area contributed by atoms with Crippen molar-refractivity contribution < 1.29 is 14.7 Å². The maximum absolute atomic E-state index is 12.0. The summed E-state index contributed by atoms with van der Waals surface area (Å²) < 4.78 is 0. The number of carbonyl (C=O) groups excluding carboxylic acids is 1. The number of nitrogens with zero attached hydrogens (tertiary/aromatic N) is 2. The molecular weight excluding hydrogens is 232 g/mol. The second kappa shape index (κ2) is 5.26. The second-order valence-electron chi connectivity index (χ2n) is 5.63. The van der Waals surface area contributed by atoms with Gasteiger partial charge in [0.2, 0.25) is 5.91 Å². The number of hydrogen-bond donors (Lipinski definition) is 1. The Morgan fingerprint density at radius 2 is 2.11 bits per heavy atom. The summed E-state index contributed by atoms with van der Waals surface area (Å²) in [5.74, 6) is -1.01. The Hall–Kier alpha value is -1.10. The van der Waals surface area contributed by atoms with Gasteiger partial charge in [-0.25, -0.2) is 0 Å². The molecule has 3 unspecified atom stereocenters. The first-order valence-corrected chi connectivity index (χ1v) is 6.71. The third-order valence-electron chi connectivity index (χ3n) is 4.41. The average Bonchev–Trinajstić information content (AvgIpc) is 2.33. The number of hydrogen-bond acceptors (Lipinski definition) is 3. The van der Waals surface area contributed by atoms with Crippen LogP contribution in [0.1, 0.15) is 32.6 Å². The lowest BCUT2D eigenvalue weighted by molar-refractivity contribution is -0.149. The van der Waals surface area contributed by atoms with Gasteiger partial charge in [-0.1, -0.05) is 0 Å². The minimum absolute atomic E-state index is 0.134. The number of carbonyl (C=O) groups is 2. The number of aliphatic carboxylic acids is 1. The lowest BCUT2D eigenvalue weighted by atomic mass is 9.91. The summed E-state index contributed by atoms with van der Waals surface area (Å²) in [5.41, 5.74) is 0. The highest BCUT2D eigenvalue weighted by Gasteiger charge is 2.36. The summed E-state index contributed by atoms with van der Waals surface area (Å²) in [6.07, 6.45) is 2.79. The van der Waals surface area contributed by atoms with Gasteiger partial charge < -0.3 is 14.9 Å². The number of likely N-dealkylation sites (tertiary alicyclic amines) is 2. The van der Waals surface area contributed by atoms with Crippen molar-refractivity contribution in [3.8, 4) is 0 Å². The Kier molecular flexibility index (Phi) is 3.90. The summed E-state index contributed by atoms with van der Waals surface area (Å²) in [6, 6.07) is 0.688. The zero-order valence-corrected chi connectivity index (χ0v) is 11.1. The van der Waals surface area contributed by atoms with Crippen molar-refractivity contribution in [2.45, 2.75) is 44.7 Å². The minimum atomic E-state index is -0.770. The van der Waals surface area contributed by atoms with Gasteiger partial charge >= 0.3 is 5.97 Å². The number of carboxylic acid groups (broad SMARTS) is 1. The fraction of sp³-hybridized carbons (Fsp3) is 0.846. The summed E-state index contributed by atoms with van der Waals surface area (Å²) in [7, 11) is 2.10. The van der Waals surface area contributed by atoms with Crippen molar-refractivity contribution in [3.05, 3.63) is 0 Å². The average molecular weight is 254 g/mol. The molecule has 5 heteroatoms. The molecule has 2 heterocycles. The van der Waals surface area contributed by atoms with E-state index in [9.17, 15) is 9.59 Å². The third kappa shape index (κ3) is 2.66. The molecule has 0 bridgehead atoms. The van der Waals surface area contributed by atoms with E-state index < -0.39 is 5.97 Å². The van der Waals surface area contributed by atoms with Crippen LogP contribution in [-0.2, 0) is 9.59 Å². The first-order valence-electron chi connectivity index (χ1n) is 6.71. The fourth-order valence-electron chi connectivity index (χ4n) is 2.97. The molecule has 2 rings (SSSR count). The quantitative estimate of drug-likeness (QED) is 0.791. The van der Waals surface area contributed by atoms with Crippen LogP contribution in [0.4, 0.5) is 0 Å². The Morgan fingerprint density at radius 3 is 2.72 bits per heavy atom. The van der Waals surface area contributed by atoms with Crippen LogP contribution in [0.5, 0.6) is 0 Å². The normalized spacial score (nSPS) is 34.7. The predicted molar refractivity (Wildman–Crippen MR) is 67.2 cm³/mol. The van der Waals surface area contributed by atoms with Gasteiger partial charge in [-0.3, -0.25) is 9.59 Å². The second-order valence-corrected chi connectivity index (χ2v) is 5.63. The molecule has 2 saturated heterocycles. The Balaban J connectivity index is 2.02. The van der Waals surface area contributed by atoms with E-state index in [-0.39, 0.29) is 17.9 Å². The van der Waals surface area contributed by atoms with Gasteiger partial charge in [0, 0.05) is 31.6 Å². The molecule has 5 nitrogen and oxygen atoms in total. The SMILES string of the molecule is CC1CC(N2CC(C(=O)O)CCC2=O)CCN1C. The molecule has 1 amide bonds. The van der Waals surface area contributed by atoms with Crippen molar-refractivity contribution in [2.75, 3.05) is 20.1 Å². The largest absolute Gasteiger partial charge is 0.481 e. The molecule has 0 saturated carbocycles. The highest BCUT2D eigenvalue weighted by atomic mass is 16.4. The molecule has 1 N–H and O–H groups in total. The zero-order valence-electron chi connectivity index (χ0n) is 11.1. The van der Waals surface area contributed by atoms with E-state index in [2.05, 4.69) is 18.9 Å². The number of rotatable bonds is 2. The summed E-state index contributed by atoms with van der Waals surface area (Å²) >= 11 is 0. The zero-order chi connectivity index (χ0) is 13.3. The topological polar surface area (TPSA) is 60.9 Å². The molecule has 0 aliphatic carbocycles. The lowest BCUT2D eigenvalue weighted by Crippen LogP contribution is -2.53. The van der Waals surface area contributed by atoms with Crippen molar-refractivity contribution in [3.63, 3.8) is 0 Å². The monoisotopic (exact) mass is 254 g/mol. The van der Waals surface area contributed by atoms with Crippen molar-refractivity contribution in [1.82, 2.24) is 9.80 Å². The van der Waals surface area contributed by atoms with Gasteiger partial charge in [0.05, 0.1) is 5.92 Å². The molecule has 18 heavy (non-hydrogen) atoms. The summed E-state index contributed by atoms with van der Waals surface area (Å²) in [6.45, 7) is 3.54. The molecule has 102 valence electrons. The summed E-state index contributed by atoms with van der Waals surface area (Å²) in [4.78, 5) is 27.1. The maximum atomic E-state index is 12.0. The predicted octanol–water partition coefficient (Wildman–Crippen LogP) is 0.792. The standard InChI is InChI=1S/C13H22N2O3/c1-9-7-11(5-6-14(9)2)15-8-10(13(17)18)3-4-12(15)16/h9-11H,3-8H2,1-2H3,(H,17,18). The number of amides is 1. The fourth-order valence-corrected chi connectivity index (χ4v) is 2.97. The van der Waals surface area contributed by atoms with Crippen LogP contribution in [0.15, 0.2) is 0 Å². The minimum Gasteiger partial charge on any atom is -0.481 e. The molecule has 0 radical (unpaired) electrons. The van der Waals surface area contributed by atoms with Gasteiger partial charge in [-0.2, -0.15) is 0 Å². The van der Waals surface area contributed by atoms with Gasteiger partial charge in [-0.15, -0.1) is 0 Å². The highest BCUT2D eigenvalue weighted by molar-refractivity contribution is 5.80. The highest BCUT2D eigenvalue weighted by Crippen LogP contribution is 2.26. The molecule has 0 aromatic carbocycles. The van der Waals surface area contributed by atoms with Gasteiger partial charge in [0.15, 0.2) is 0 Å². The first kappa shape index (κ1) is 13.3. The van der Waals surface area contributed by atoms with E-state index in [1.54, 1.807) is 0 Å². The first-order chi connectivity index (χ1) is 8.49.